The third-order valence-corrected chi connectivity index (χ3v) is 3.65. The molecule has 14 heavy (non-hydrogen) atoms. The molecule has 2 heteroatoms. The van der Waals surface area contributed by atoms with Crippen LogP contribution in [0.5, 0.6) is 0 Å². The molecule has 1 aliphatic rings. The van der Waals surface area contributed by atoms with Crippen molar-refractivity contribution in [3.8, 4) is 0 Å². The molecule has 0 heterocycles. The van der Waals surface area contributed by atoms with Gasteiger partial charge in [-0.1, -0.05) is 25.5 Å². The molecule has 76 valence electrons. The molecule has 2 atom stereocenters. The third-order valence-electron chi connectivity index (χ3n) is 2.93. The quantitative estimate of drug-likeness (QED) is 0.842. The Kier molecular flexibility index (Phi) is 3.44. The van der Waals surface area contributed by atoms with Crippen LogP contribution in [-0.4, -0.2) is 6.04 Å². The first kappa shape index (κ1) is 10.4. The van der Waals surface area contributed by atoms with Crippen LogP contribution in [0.15, 0.2) is 24.3 Å². The second-order valence-electron chi connectivity index (χ2n) is 4.02. The summed E-state index contributed by atoms with van der Waals surface area (Å²) >= 11 is 2.34. The van der Waals surface area contributed by atoms with E-state index in [2.05, 4.69) is 59.1 Å². The molecule has 1 aromatic carbocycles. The van der Waals surface area contributed by atoms with Crippen LogP contribution in [0.3, 0.4) is 0 Å². The molecule has 0 saturated heterocycles. The van der Waals surface area contributed by atoms with Crippen LogP contribution in [-0.2, 0) is 6.54 Å². The summed E-state index contributed by atoms with van der Waals surface area (Å²) in [5.41, 5.74) is 1.40. The van der Waals surface area contributed by atoms with Crippen molar-refractivity contribution in [1.82, 2.24) is 5.32 Å². The fourth-order valence-electron chi connectivity index (χ4n) is 1.80. The second kappa shape index (κ2) is 4.62. The van der Waals surface area contributed by atoms with Crippen LogP contribution < -0.4 is 5.32 Å². The third kappa shape index (κ3) is 2.70. The Balaban J connectivity index is 1.78. The Morgan fingerprint density at radius 2 is 2.07 bits per heavy atom. The highest BCUT2D eigenvalue weighted by atomic mass is 127. The van der Waals surface area contributed by atoms with Crippen LogP contribution in [0.1, 0.15) is 25.3 Å². The smallest absolute Gasteiger partial charge is 0.0208 e. The fourth-order valence-corrected chi connectivity index (χ4v) is 2.16. The Bertz CT molecular complexity index is 294. The largest absolute Gasteiger partial charge is 0.310 e. The first-order chi connectivity index (χ1) is 6.79. The van der Waals surface area contributed by atoms with Gasteiger partial charge in [0.15, 0.2) is 0 Å². The first-order valence-corrected chi connectivity index (χ1v) is 6.35. The zero-order valence-corrected chi connectivity index (χ0v) is 10.6. The van der Waals surface area contributed by atoms with E-state index in [1.807, 2.05) is 0 Å². The van der Waals surface area contributed by atoms with E-state index in [0.717, 1.165) is 18.5 Å². The van der Waals surface area contributed by atoms with E-state index >= 15 is 0 Å². The van der Waals surface area contributed by atoms with Gasteiger partial charge in [-0.25, -0.2) is 0 Å². The molecule has 1 N–H and O–H groups in total. The highest BCUT2D eigenvalue weighted by molar-refractivity contribution is 14.1. The molecule has 1 aromatic rings. The van der Waals surface area contributed by atoms with Crippen molar-refractivity contribution in [2.24, 2.45) is 5.92 Å². The highest BCUT2D eigenvalue weighted by Crippen LogP contribution is 2.33. The van der Waals surface area contributed by atoms with E-state index in [1.54, 1.807) is 0 Å². The lowest BCUT2D eigenvalue weighted by atomic mass is 10.2. The van der Waals surface area contributed by atoms with Gasteiger partial charge in [-0.2, -0.15) is 0 Å². The van der Waals surface area contributed by atoms with E-state index in [-0.39, 0.29) is 0 Å². The van der Waals surface area contributed by atoms with Gasteiger partial charge in [0.2, 0.25) is 0 Å². The summed E-state index contributed by atoms with van der Waals surface area (Å²) in [5, 5.41) is 3.59. The monoisotopic (exact) mass is 301 g/mol. The molecule has 2 rings (SSSR count). The maximum atomic E-state index is 3.59. The van der Waals surface area contributed by atoms with E-state index in [9.17, 15) is 0 Å². The van der Waals surface area contributed by atoms with Gasteiger partial charge in [-0.3, -0.25) is 0 Å². The Labute approximate surface area is 99.4 Å². The van der Waals surface area contributed by atoms with Gasteiger partial charge < -0.3 is 5.32 Å². The normalized spacial score (nSPS) is 25.0. The van der Waals surface area contributed by atoms with Gasteiger partial charge in [0, 0.05) is 16.2 Å². The Morgan fingerprint density at radius 1 is 1.36 bits per heavy atom. The SMILES string of the molecule is CCC1CC1NCc1ccc(I)cc1. The molecule has 1 aliphatic carbocycles. The molecular formula is C12H16IN. The van der Waals surface area contributed by atoms with Gasteiger partial charge in [-0.15, -0.1) is 0 Å². The predicted octanol–water partition coefficient (Wildman–Crippen LogP) is 3.18. The maximum absolute atomic E-state index is 3.59. The molecule has 1 nitrogen and oxygen atoms in total. The summed E-state index contributed by atoms with van der Waals surface area (Å²) < 4.78 is 1.31. The number of nitrogens with one attached hydrogen (secondary N) is 1. The zero-order valence-electron chi connectivity index (χ0n) is 8.46. The Morgan fingerprint density at radius 3 is 2.64 bits per heavy atom. The zero-order chi connectivity index (χ0) is 9.97. The summed E-state index contributed by atoms with van der Waals surface area (Å²) in [6, 6.07) is 9.54. The van der Waals surface area contributed by atoms with Crippen LogP contribution >= 0.6 is 22.6 Å². The van der Waals surface area contributed by atoms with E-state index < -0.39 is 0 Å². The van der Waals surface area contributed by atoms with E-state index in [4.69, 9.17) is 0 Å². The van der Waals surface area contributed by atoms with Crippen LogP contribution in [0.4, 0.5) is 0 Å². The van der Waals surface area contributed by atoms with Crippen LogP contribution in [0.2, 0.25) is 0 Å². The number of rotatable bonds is 4. The van der Waals surface area contributed by atoms with Gasteiger partial charge in [0.05, 0.1) is 0 Å². The van der Waals surface area contributed by atoms with Gasteiger partial charge >= 0.3 is 0 Å². The predicted molar refractivity (Wildman–Crippen MR) is 68.2 cm³/mol. The summed E-state index contributed by atoms with van der Waals surface area (Å²) in [5.74, 6) is 0.943. The molecule has 1 fully saturated rings. The standard InChI is InChI=1S/C12H16IN/c1-2-10-7-12(10)14-8-9-3-5-11(13)6-4-9/h3-6,10,12,14H,2,7-8H2,1H3. The lowest BCUT2D eigenvalue weighted by molar-refractivity contribution is 0.623. The Hall–Kier alpha value is -0.0900. The van der Waals surface area contributed by atoms with Crippen LogP contribution in [0.25, 0.3) is 0 Å². The molecule has 0 radical (unpaired) electrons. The van der Waals surface area contributed by atoms with Crippen molar-refractivity contribution >= 4 is 22.6 Å². The minimum atomic E-state index is 0.791. The highest BCUT2D eigenvalue weighted by Gasteiger charge is 2.34. The molecule has 0 aromatic heterocycles. The van der Waals surface area contributed by atoms with Crippen molar-refractivity contribution < 1.29 is 0 Å². The summed E-state index contributed by atoms with van der Waals surface area (Å²) in [6.45, 7) is 3.30. The molecule has 2 unspecified atom stereocenters. The number of halogens is 1. The van der Waals surface area contributed by atoms with Crippen molar-refractivity contribution in [3.05, 3.63) is 33.4 Å². The fraction of sp³-hybridized carbons (Fsp3) is 0.500. The maximum Gasteiger partial charge on any atom is 0.0208 e. The summed E-state index contributed by atoms with van der Waals surface area (Å²) in [6.07, 6.45) is 2.70. The molecule has 1 saturated carbocycles. The topological polar surface area (TPSA) is 12.0 Å². The van der Waals surface area contributed by atoms with E-state index in [1.165, 1.54) is 22.0 Å². The first-order valence-electron chi connectivity index (χ1n) is 5.27. The van der Waals surface area contributed by atoms with Gasteiger partial charge in [0.25, 0.3) is 0 Å². The number of hydrogen-bond acceptors (Lipinski definition) is 1. The average molecular weight is 301 g/mol. The summed E-state index contributed by atoms with van der Waals surface area (Å²) in [4.78, 5) is 0. The number of hydrogen-bond donors (Lipinski definition) is 1. The molecular weight excluding hydrogens is 285 g/mol. The lowest BCUT2D eigenvalue weighted by Crippen LogP contribution is -2.17. The van der Waals surface area contributed by atoms with Crippen molar-refractivity contribution in [2.45, 2.75) is 32.4 Å². The average Bonchev–Trinajstić information content (AvgIpc) is 2.96. The summed E-state index contributed by atoms with van der Waals surface area (Å²) in [7, 11) is 0. The molecule has 0 aliphatic heterocycles. The van der Waals surface area contributed by atoms with E-state index in [0.29, 0.717) is 0 Å². The van der Waals surface area contributed by atoms with Crippen molar-refractivity contribution in [1.29, 1.82) is 0 Å². The van der Waals surface area contributed by atoms with Gasteiger partial charge in [0.1, 0.15) is 0 Å². The molecule has 0 spiro atoms. The minimum Gasteiger partial charge on any atom is -0.310 e. The lowest BCUT2D eigenvalue weighted by Gasteiger charge is -2.03. The second-order valence-corrected chi connectivity index (χ2v) is 5.26. The van der Waals surface area contributed by atoms with Crippen LogP contribution in [0, 0.1) is 9.49 Å². The van der Waals surface area contributed by atoms with Crippen molar-refractivity contribution in [2.75, 3.05) is 0 Å². The number of benzene rings is 1. The molecule has 0 amide bonds. The molecule has 0 bridgehead atoms. The van der Waals surface area contributed by atoms with Gasteiger partial charge in [-0.05, 0) is 52.6 Å². The minimum absolute atomic E-state index is 0.791. The van der Waals surface area contributed by atoms with Crippen molar-refractivity contribution in [3.63, 3.8) is 0 Å².